The number of rotatable bonds is 2. The van der Waals surface area contributed by atoms with E-state index in [1.807, 2.05) is 17.0 Å². The third-order valence-electron chi connectivity index (χ3n) is 5.14. The average Bonchev–Trinajstić information content (AvgIpc) is 3.15. The highest BCUT2D eigenvalue weighted by Gasteiger charge is 2.45. The number of nitrogens with zero attached hydrogens (tertiary/aromatic N) is 1. The van der Waals surface area contributed by atoms with Crippen LogP contribution in [-0.4, -0.2) is 49.3 Å². The number of fused-ring (bicyclic) bond motifs is 2. The van der Waals surface area contributed by atoms with Crippen LogP contribution >= 0.6 is 11.3 Å². The molecule has 3 atom stereocenters. The number of hydrogen-bond donors (Lipinski definition) is 0. The fourth-order valence-electron chi connectivity index (χ4n) is 3.93. The van der Waals surface area contributed by atoms with E-state index in [0.29, 0.717) is 13.2 Å². The Kier molecular flexibility index (Phi) is 3.87. The maximum Gasteiger partial charge on any atom is 0.264 e. The molecule has 1 saturated heterocycles. The van der Waals surface area contributed by atoms with E-state index in [9.17, 15) is 4.79 Å². The summed E-state index contributed by atoms with van der Waals surface area (Å²) in [6.45, 7) is 3.32. The summed E-state index contributed by atoms with van der Waals surface area (Å²) in [6.07, 6.45) is 2.05. The Balaban J connectivity index is 1.66. The summed E-state index contributed by atoms with van der Waals surface area (Å²) in [7, 11) is 1.73. The van der Waals surface area contributed by atoms with Gasteiger partial charge in [0.2, 0.25) is 0 Å². The number of carbonyl (C=O) groups excluding carboxylic acids is 1. The van der Waals surface area contributed by atoms with E-state index in [1.54, 1.807) is 18.4 Å². The number of ether oxygens (including phenoxy) is 2. The van der Waals surface area contributed by atoms with E-state index >= 15 is 0 Å². The second kappa shape index (κ2) is 5.89. The molecule has 0 spiro atoms. The van der Waals surface area contributed by atoms with Crippen molar-refractivity contribution in [2.24, 2.45) is 0 Å². The molecule has 1 aromatic carbocycles. The minimum Gasteiger partial charge on any atom is -0.379 e. The first-order valence-electron chi connectivity index (χ1n) is 8.14. The quantitative estimate of drug-likeness (QED) is 0.848. The molecule has 2 heterocycles. The van der Waals surface area contributed by atoms with Crippen LogP contribution in [0.5, 0.6) is 0 Å². The average molecular weight is 331 g/mol. The summed E-state index contributed by atoms with van der Waals surface area (Å²) >= 11 is 1.60. The molecule has 1 aromatic heterocycles. The molecule has 0 N–H and O–H groups in total. The maximum atomic E-state index is 13.2. The van der Waals surface area contributed by atoms with Crippen molar-refractivity contribution in [1.82, 2.24) is 4.90 Å². The SMILES string of the molecule is CO[C@H]1CC[C@H]2[C@H]1OCCN2C(=O)c1sc2ccccc2c1C. The fourth-order valence-corrected chi connectivity index (χ4v) is 5.09. The molecule has 1 aliphatic carbocycles. The van der Waals surface area contributed by atoms with Crippen molar-refractivity contribution in [1.29, 1.82) is 0 Å². The predicted octanol–water partition coefficient (Wildman–Crippen LogP) is 3.23. The summed E-state index contributed by atoms with van der Waals surface area (Å²) < 4.78 is 12.6. The molecule has 4 rings (SSSR count). The lowest BCUT2D eigenvalue weighted by atomic mass is 10.1. The lowest BCUT2D eigenvalue weighted by Crippen LogP contribution is -2.53. The van der Waals surface area contributed by atoms with Gasteiger partial charge in [-0.25, -0.2) is 0 Å². The molecule has 2 aliphatic rings. The van der Waals surface area contributed by atoms with E-state index in [-0.39, 0.29) is 24.2 Å². The molecule has 1 saturated carbocycles. The molecule has 0 bridgehead atoms. The van der Waals surface area contributed by atoms with Crippen LogP contribution in [0.15, 0.2) is 24.3 Å². The number of hydrogen-bond acceptors (Lipinski definition) is 4. The van der Waals surface area contributed by atoms with Gasteiger partial charge in [0, 0.05) is 18.4 Å². The minimum absolute atomic E-state index is 0.0207. The van der Waals surface area contributed by atoms with Gasteiger partial charge in [0.05, 0.1) is 23.6 Å². The summed E-state index contributed by atoms with van der Waals surface area (Å²) in [5.41, 5.74) is 1.10. The van der Waals surface area contributed by atoms with Crippen LogP contribution in [0.4, 0.5) is 0 Å². The number of carbonyl (C=O) groups is 1. The van der Waals surface area contributed by atoms with Gasteiger partial charge in [-0.05, 0) is 36.8 Å². The van der Waals surface area contributed by atoms with Crippen LogP contribution in [0.25, 0.3) is 10.1 Å². The van der Waals surface area contributed by atoms with E-state index < -0.39 is 0 Å². The second-order valence-corrected chi connectivity index (χ2v) is 7.36. The van der Waals surface area contributed by atoms with Crippen molar-refractivity contribution in [3.8, 4) is 0 Å². The molecule has 23 heavy (non-hydrogen) atoms. The number of aryl methyl sites for hydroxylation is 1. The van der Waals surface area contributed by atoms with Gasteiger partial charge in [-0.1, -0.05) is 18.2 Å². The number of thiophene rings is 1. The van der Waals surface area contributed by atoms with Crippen molar-refractivity contribution >= 4 is 27.3 Å². The largest absolute Gasteiger partial charge is 0.379 e. The Bertz CT molecular complexity index is 741. The molecule has 0 unspecified atom stereocenters. The molecule has 1 aliphatic heterocycles. The highest BCUT2D eigenvalue weighted by molar-refractivity contribution is 7.21. The van der Waals surface area contributed by atoms with Gasteiger partial charge in [0.1, 0.15) is 6.10 Å². The van der Waals surface area contributed by atoms with Crippen LogP contribution in [0.3, 0.4) is 0 Å². The zero-order valence-electron chi connectivity index (χ0n) is 13.5. The summed E-state index contributed by atoms with van der Waals surface area (Å²) in [6, 6.07) is 8.38. The second-order valence-electron chi connectivity index (χ2n) is 6.31. The fraction of sp³-hybridized carbons (Fsp3) is 0.500. The topological polar surface area (TPSA) is 38.8 Å². The molecule has 0 radical (unpaired) electrons. The van der Waals surface area contributed by atoms with Crippen molar-refractivity contribution in [2.75, 3.05) is 20.3 Å². The smallest absolute Gasteiger partial charge is 0.264 e. The van der Waals surface area contributed by atoms with E-state index in [2.05, 4.69) is 19.1 Å². The van der Waals surface area contributed by atoms with Crippen molar-refractivity contribution < 1.29 is 14.3 Å². The Hall–Kier alpha value is -1.43. The van der Waals surface area contributed by atoms with Crippen LogP contribution in [-0.2, 0) is 9.47 Å². The predicted molar refractivity (Wildman–Crippen MR) is 91.2 cm³/mol. The number of morpholine rings is 1. The standard InChI is InChI=1S/C18H21NO3S/c1-11-12-5-3-4-6-15(12)23-17(11)18(20)19-9-10-22-16-13(19)7-8-14(16)21-2/h3-6,13-14,16H,7-10H2,1-2H3/t13-,14-,16+/m0/s1. The van der Waals surface area contributed by atoms with Crippen LogP contribution < -0.4 is 0 Å². The van der Waals surface area contributed by atoms with Gasteiger partial charge in [-0.3, -0.25) is 4.79 Å². The monoisotopic (exact) mass is 331 g/mol. The minimum atomic E-state index is 0.0207. The maximum absolute atomic E-state index is 13.2. The van der Waals surface area contributed by atoms with Gasteiger partial charge in [0.15, 0.2) is 0 Å². The first-order valence-corrected chi connectivity index (χ1v) is 8.96. The third-order valence-corrected chi connectivity index (χ3v) is 6.40. The van der Waals surface area contributed by atoms with Gasteiger partial charge in [-0.2, -0.15) is 0 Å². The van der Waals surface area contributed by atoms with Crippen molar-refractivity contribution in [3.63, 3.8) is 0 Å². The normalized spacial score (nSPS) is 27.4. The van der Waals surface area contributed by atoms with E-state index in [1.165, 1.54) is 10.1 Å². The highest BCUT2D eigenvalue weighted by Crippen LogP contribution is 2.36. The van der Waals surface area contributed by atoms with Gasteiger partial charge in [-0.15, -0.1) is 11.3 Å². The van der Waals surface area contributed by atoms with Crippen LogP contribution in [0.2, 0.25) is 0 Å². The molecule has 4 nitrogen and oxygen atoms in total. The van der Waals surface area contributed by atoms with Gasteiger partial charge in [0.25, 0.3) is 5.91 Å². The Morgan fingerprint density at radius 3 is 2.96 bits per heavy atom. The molecular formula is C18H21NO3S. The van der Waals surface area contributed by atoms with Crippen LogP contribution in [0, 0.1) is 6.92 Å². The lowest BCUT2D eigenvalue weighted by molar-refractivity contribution is -0.0946. The Morgan fingerprint density at radius 1 is 1.35 bits per heavy atom. The first-order chi connectivity index (χ1) is 11.2. The van der Waals surface area contributed by atoms with Crippen molar-refractivity contribution in [3.05, 3.63) is 34.7 Å². The molecule has 1 amide bonds. The van der Waals surface area contributed by atoms with E-state index in [4.69, 9.17) is 9.47 Å². The molecule has 2 fully saturated rings. The summed E-state index contributed by atoms with van der Waals surface area (Å²) in [5.74, 6) is 0.152. The Labute approximate surface area is 140 Å². The lowest BCUT2D eigenvalue weighted by Gasteiger charge is -2.38. The molecule has 5 heteroatoms. The van der Waals surface area contributed by atoms with Crippen LogP contribution in [0.1, 0.15) is 28.1 Å². The number of benzene rings is 1. The van der Waals surface area contributed by atoms with Gasteiger partial charge < -0.3 is 14.4 Å². The highest BCUT2D eigenvalue weighted by atomic mass is 32.1. The number of methoxy groups -OCH3 is 1. The first kappa shape index (κ1) is 15.1. The Morgan fingerprint density at radius 2 is 2.17 bits per heavy atom. The zero-order valence-corrected chi connectivity index (χ0v) is 14.3. The van der Waals surface area contributed by atoms with E-state index in [0.717, 1.165) is 23.3 Å². The third kappa shape index (κ3) is 2.38. The van der Waals surface area contributed by atoms with Crippen molar-refractivity contribution in [2.45, 2.75) is 38.0 Å². The molecule has 2 aromatic rings. The summed E-state index contributed by atoms with van der Waals surface area (Å²) in [4.78, 5) is 16.1. The summed E-state index contributed by atoms with van der Waals surface area (Å²) in [5, 5.41) is 1.19. The number of amides is 1. The zero-order chi connectivity index (χ0) is 16.0. The molecular weight excluding hydrogens is 310 g/mol. The molecule has 122 valence electrons. The van der Waals surface area contributed by atoms with Gasteiger partial charge >= 0.3 is 0 Å².